The van der Waals surface area contributed by atoms with E-state index in [1.54, 1.807) is 0 Å². The molecule has 4 heteroatoms. The minimum absolute atomic E-state index is 0. The number of hydrogen-bond acceptors (Lipinski definition) is 2. The van der Waals surface area contributed by atoms with Crippen molar-refractivity contribution in [1.29, 1.82) is 0 Å². The average Bonchev–Trinajstić information content (AvgIpc) is 1.68. The molecule has 0 radical (unpaired) electrons. The maximum absolute atomic E-state index is 5.01. The molecule has 0 aliphatic rings. The monoisotopic (exact) mass is 142 g/mol. The van der Waals surface area contributed by atoms with E-state index in [9.17, 15) is 0 Å². The van der Waals surface area contributed by atoms with Crippen LogP contribution in [0.5, 0.6) is 0 Å². The Labute approximate surface area is 70.4 Å². The second-order valence-electron chi connectivity index (χ2n) is 1.17. The van der Waals surface area contributed by atoms with Crippen LogP contribution >= 0.6 is 8.38 Å². The third kappa shape index (κ3) is 8.95. The normalized spacial score (nSPS) is 9.33. The quantitative estimate of drug-likeness (QED) is 0.289. The van der Waals surface area contributed by atoms with Gasteiger partial charge in [-0.1, -0.05) is 0 Å². The first-order valence-corrected chi connectivity index (χ1v) is 4.04. The van der Waals surface area contributed by atoms with Gasteiger partial charge in [-0.25, -0.2) is 0 Å². The molecule has 0 heterocycles. The summed E-state index contributed by atoms with van der Waals surface area (Å²) in [7, 11) is -0.831. The van der Waals surface area contributed by atoms with Gasteiger partial charge < -0.3 is 9.05 Å². The number of hydrogen-bond donors (Lipinski definition) is 0. The average molecular weight is 142 g/mol. The Balaban J connectivity index is 0. The van der Waals surface area contributed by atoms with Gasteiger partial charge in [-0.3, -0.25) is 6.66 Å². The standard InChI is InChI=1S/C5H12O2P.Li/c1-4-6-8(3)7-5-2;/h3-5H2,1-2H3;/q-1;+1. The van der Waals surface area contributed by atoms with Gasteiger partial charge in [0.2, 0.25) is 0 Å². The van der Waals surface area contributed by atoms with Crippen LogP contribution in [0.25, 0.3) is 0 Å². The maximum atomic E-state index is 5.01. The molecule has 0 aromatic heterocycles. The molecular weight excluding hydrogens is 130 g/mol. The fourth-order valence-corrected chi connectivity index (χ4v) is 0.976. The van der Waals surface area contributed by atoms with Crippen LogP contribution in [0.1, 0.15) is 13.8 Å². The smallest absolute Gasteiger partial charge is 0.364 e. The molecule has 0 saturated heterocycles. The molecule has 0 rings (SSSR count). The van der Waals surface area contributed by atoms with Crippen molar-refractivity contribution in [2.75, 3.05) is 13.2 Å². The van der Waals surface area contributed by atoms with E-state index < -0.39 is 8.38 Å². The van der Waals surface area contributed by atoms with Gasteiger partial charge in [-0.15, -0.1) is 0 Å². The minimum Gasteiger partial charge on any atom is -0.364 e. The van der Waals surface area contributed by atoms with Crippen molar-refractivity contribution < 1.29 is 27.9 Å². The molecule has 9 heavy (non-hydrogen) atoms. The van der Waals surface area contributed by atoms with E-state index in [0.29, 0.717) is 13.2 Å². The molecule has 0 aliphatic carbocycles. The zero-order valence-corrected chi connectivity index (χ0v) is 7.28. The summed E-state index contributed by atoms with van der Waals surface area (Å²) in [6.45, 7) is 8.88. The van der Waals surface area contributed by atoms with E-state index in [2.05, 4.69) is 6.66 Å². The first kappa shape index (κ1) is 12.6. The molecule has 0 bridgehead atoms. The number of rotatable bonds is 4. The van der Waals surface area contributed by atoms with E-state index in [-0.39, 0.29) is 18.9 Å². The summed E-state index contributed by atoms with van der Waals surface area (Å²) in [5.74, 6) is 0. The van der Waals surface area contributed by atoms with Crippen molar-refractivity contribution in [3.8, 4) is 0 Å². The van der Waals surface area contributed by atoms with Crippen molar-refractivity contribution in [2.45, 2.75) is 13.8 Å². The Morgan fingerprint density at radius 1 is 1.22 bits per heavy atom. The molecule has 0 aromatic carbocycles. The van der Waals surface area contributed by atoms with Gasteiger partial charge in [0.1, 0.15) is 0 Å². The topological polar surface area (TPSA) is 18.5 Å². The van der Waals surface area contributed by atoms with E-state index in [1.807, 2.05) is 13.8 Å². The van der Waals surface area contributed by atoms with Gasteiger partial charge in [0, 0.05) is 21.6 Å². The van der Waals surface area contributed by atoms with Gasteiger partial charge in [0.05, 0.1) is 0 Å². The van der Waals surface area contributed by atoms with Crippen LogP contribution in [-0.4, -0.2) is 13.2 Å². The van der Waals surface area contributed by atoms with Crippen molar-refractivity contribution in [2.24, 2.45) is 0 Å². The fourth-order valence-electron chi connectivity index (χ4n) is 0.325. The van der Waals surface area contributed by atoms with Crippen molar-refractivity contribution in [3.63, 3.8) is 0 Å². The molecule has 0 unspecified atom stereocenters. The third-order valence-corrected chi connectivity index (χ3v) is 1.64. The summed E-state index contributed by atoms with van der Waals surface area (Å²) in [5.41, 5.74) is 0. The van der Waals surface area contributed by atoms with Crippen LogP contribution < -0.4 is 18.9 Å². The van der Waals surface area contributed by atoms with Gasteiger partial charge in [-0.2, -0.15) is 0 Å². The predicted octanol–water partition coefficient (Wildman–Crippen LogP) is -0.833. The Morgan fingerprint density at radius 3 is 1.78 bits per heavy atom. The van der Waals surface area contributed by atoms with Crippen LogP contribution in [0.15, 0.2) is 0 Å². The second kappa shape index (κ2) is 8.95. The van der Waals surface area contributed by atoms with Gasteiger partial charge in [0.15, 0.2) is 0 Å². The van der Waals surface area contributed by atoms with Gasteiger partial charge >= 0.3 is 18.9 Å². The first-order chi connectivity index (χ1) is 3.81. The Morgan fingerprint density at radius 2 is 1.56 bits per heavy atom. The zero-order valence-electron chi connectivity index (χ0n) is 6.39. The molecule has 50 valence electrons. The first-order valence-electron chi connectivity index (χ1n) is 2.67. The van der Waals surface area contributed by atoms with E-state index in [0.717, 1.165) is 0 Å². The van der Waals surface area contributed by atoms with Crippen LogP contribution in [0.4, 0.5) is 0 Å². The molecule has 0 atom stereocenters. The molecule has 0 amide bonds. The Kier molecular flexibility index (Phi) is 12.5. The summed E-state index contributed by atoms with van der Waals surface area (Å²) < 4.78 is 10.0. The molecule has 0 spiro atoms. The fraction of sp³-hybridized carbons (Fsp3) is 0.800. The molecule has 0 saturated carbocycles. The zero-order chi connectivity index (χ0) is 6.41. The van der Waals surface area contributed by atoms with Crippen molar-refractivity contribution in [3.05, 3.63) is 6.66 Å². The summed E-state index contributed by atoms with van der Waals surface area (Å²) in [6.07, 6.45) is 0. The van der Waals surface area contributed by atoms with Crippen LogP contribution in [0.3, 0.4) is 0 Å². The maximum Gasteiger partial charge on any atom is 1.00 e. The van der Waals surface area contributed by atoms with Crippen molar-refractivity contribution >= 4 is 8.38 Å². The summed E-state index contributed by atoms with van der Waals surface area (Å²) in [4.78, 5) is 0. The molecule has 0 aromatic rings. The Bertz CT molecular complexity index is 48.2. The van der Waals surface area contributed by atoms with Gasteiger partial charge in [-0.05, 0) is 13.8 Å². The predicted molar refractivity (Wildman–Crippen MR) is 35.5 cm³/mol. The summed E-state index contributed by atoms with van der Waals surface area (Å²) in [5, 5.41) is 0. The molecule has 0 aliphatic heterocycles. The van der Waals surface area contributed by atoms with Crippen LogP contribution in [-0.2, 0) is 9.05 Å². The summed E-state index contributed by atoms with van der Waals surface area (Å²) in [6, 6.07) is 0. The molecule has 0 fully saturated rings. The van der Waals surface area contributed by atoms with Gasteiger partial charge in [0.25, 0.3) is 0 Å². The summed E-state index contributed by atoms with van der Waals surface area (Å²) >= 11 is 0. The van der Waals surface area contributed by atoms with E-state index in [1.165, 1.54) is 0 Å². The van der Waals surface area contributed by atoms with E-state index in [4.69, 9.17) is 9.05 Å². The Hall–Kier alpha value is 0.947. The molecule has 0 N–H and O–H groups in total. The second-order valence-corrected chi connectivity index (χ2v) is 2.35. The van der Waals surface area contributed by atoms with Crippen LogP contribution in [0, 0.1) is 6.66 Å². The third-order valence-electron chi connectivity index (χ3n) is 0.546. The SMILES string of the molecule is [CH2-]P(OCC)OCC.[Li+]. The largest absolute Gasteiger partial charge is 1.00 e. The molecule has 2 nitrogen and oxygen atoms in total. The minimum atomic E-state index is -0.831. The van der Waals surface area contributed by atoms with Crippen molar-refractivity contribution in [1.82, 2.24) is 0 Å². The van der Waals surface area contributed by atoms with E-state index >= 15 is 0 Å². The molecular formula is C5H12LiO2P. The van der Waals surface area contributed by atoms with Crippen LogP contribution in [0.2, 0.25) is 0 Å².